The number of halogens is 1. The fraction of sp³-hybridized carbons (Fsp3) is 0.346. The Labute approximate surface area is 186 Å². The number of nitrogens with zero attached hydrogens (tertiary/aromatic N) is 2. The molecule has 1 aliphatic carbocycles. The summed E-state index contributed by atoms with van der Waals surface area (Å²) in [6, 6.07) is 14.3. The Morgan fingerprint density at radius 3 is 2.31 bits per heavy atom. The van der Waals surface area contributed by atoms with E-state index in [-0.39, 0.29) is 29.7 Å². The molecule has 2 aromatic carbocycles. The highest BCUT2D eigenvalue weighted by molar-refractivity contribution is 6.10. The van der Waals surface area contributed by atoms with E-state index in [1.165, 1.54) is 36.4 Å². The van der Waals surface area contributed by atoms with Gasteiger partial charge in [0.25, 0.3) is 0 Å². The molecule has 2 fully saturated rings. The lowest BCUT2D eigenvalue weighted by molar-refractivity contribution is -0.142. The average Bonchev–Trinajstić information content (AvgIpc) is 3.26. The molecule has 1 atom stereocenters. The number of benzene rings is 2. The predicted octanol–water partition coefficient (Wildman–Crippen LogP) is 3.43. The summed E-state index contributed by atoms with van der Waals surface area (Å²) in [7, 11) is 1.40. The zero-order valence-electron chi connectivity index (χ0n) is 18.0. The number of hydrogen-bond acceptors (Lipinski definition) is 3. The molecular weight excluding hydrogens is 407 g/mol. The van der Waals surface area contributed by atoms with Gasteiger partial charge in [-0.2, -0.15) is 0 Å². The molecule has 2 aromatic rings. The number of rotatable bonds is 3. The van der Waals surface area contributed by atoms with Crippen LogP contribution in [0.3, 0.4) is 0 Å². The number of imide groups is 1. The van der Waals surface area contributed by atoms with Gasteiger partial charge in [-0.25, -0.2) is 4.39 Å². The maximum atomic E-state index is 14.7. The second-order valence-electron chi connectivity index (χ2n) is 9.13. The minimum Gasteiger partial charge on any atom is -0.343 e. The maximum absolute atomic E-state index is 14.7. The van der Waals surface area contributed by atoms with Crippen LogP contribution in [-0.2, 0) is 25.2 Å². The molecule has 32 heavy (non-hydrogen) atoms. The average molecular weight is 432 g/mol. The molecule has 5 nitrogen and oxygen atoms in total. The van der Waals surface area contributed by atoms with E-state index in [9.17, 15) is 18.8 Å². The molecule has 164 valence electrons. The van der Waals surface area contributed by atoms with Crippen LogP contribution in [0.4, 0.5) is 4.39 Å². The Balaban J connectivity index is 1.38. The van der Waals surface area contributed by atoms with Crippen LogP contribution in [0.2, 0.25) is 0 Å². The van der Waals surface area contributed by atoms with Crippen LogP contribution in [-0.4, -0.2) is 47.7 Å². The van der Waals surface area contributed by atoms with Crippen molar-refractivity contribution in [1.29, 1.82) is 0 Å². The quantitative estimate of drug-likeness (QED) is 0.699. The first-order valence-electron chi connectivity index (χ1n) is 11.0. The minimum absolute atomic E-state index is 0.0596. The molecule has 3 aliphatic rings. The molecule has 2 saturated heterocycles. The molecule has 2 heterocycles. The number of likely N-dealkylation sites (tertiary alicyclic amines) is 2. The summed E-state index contributed by atoms with van der Waals surface area (Å²) in [4.78, 5) is 41.6. The number of hydrogen-bond donors (Lipinski definition) is 0. The van der Waals surface area contributed by atoms with E-state index in [4.69, 9.17) is 0 Å². The van der Waals surface area contributed by atoms with Crippen molar-refractivity contribution in [3.8, 4) is 0 Å². The van der Waals surface area contributed by atoms with Crippen LogP contribution < -0.4 is 0 Å². The monoisotopic (exact) mass is 432 g/mol. The molecule has 0 bridgehead atoms. The molecule has 0 N–H and O–H groups in total. The van der Waals surface area contributed by atoms with Crippen molar-refractivity contribution in [3.05, 3.63) is 77.1 Å². The highest BCUT2D eigenvalue weighted by Gasteiger charge is 2.54. The van der Waals surface area contributed by atoms with Gasteiger partial charge in [0.15, 0.2) is 0 Å². The topological polar surface area (TPSA) is 57.7 Å². The Hall–Kier alpha value is -3.28. The van der Waals surface area contributed by atoms with E-state index in [2.05, 4.69) is 24.3 Å². The highest BCUT2D eigenvalue weighted by Crippen LogP contribution is 2.45. The van der Waals surface area contributed by atoms with E-state index in [1.54, 1.807) is 11.0 Å². The first kappa shape index (κ1) is 20.6. The maximum Gasteiger partial charge on any atom is 0.240 e. The summed E-state index contributed by atoms with van der Waals surface area (Å²) < 4.78 is 14.7. The number of carbonyl (C=O) groups is 3. The number of fused-ring (bicyclic) bond motifs is 2. The van der Waals surface area contributed by atoms with Gasteiger partial charge in [0.2, 0.25) is 17.7 Å². The fourth-order valence-corrected chi connectivity index (χ4v) is 5.58. The van der Waals surface area contributed by atoms with Gasteiger partial charge in [-0.3, -0.25) is 19.3 Å². The molecule has 0 saturated carbocycles. The zero-order valence-corrected chi connectivity index (χ0v) is 18.0. The smallest absolute Gasteiger partial charge is 0.240 e. The van der Waals surface area contributed by atoms with Crippen molar-refractivity contribution in [1.82, 2.24) is 9.80 Å². The van der Waals surface area contributed by atoms with Crippen LogP contribution in [0.1, 0.15) is 42.4 Å². The van der Waals surface area contributed by atoms with E-state index >= 15 is 0 Å². The van der Waals surface area contributed by atoms with Crippen molar-refractivity contribution in [2.75, 3.05) is 20.1 Å². The number of amides is 3. The summed E-state index contributed by atoms with van der Waals surface area (Å²) in [5.41, 5.74) is 1.10. The molecule has 6 heteroatoms. The molecule has 0 aromatic heterocycles. The minimum atomic E-state index is -1.48. The zero-order chi connectivity index (χ0) is 22.5. The third kappa shape index (κ3) is 3.00. The van der Waals surface area contributed by atoms with Gasteiger partial charge in [-0.1, -0.05) is 54.6 Å². The van der Waals surface area contributed by atoms with Gasteiger partial charge in [-0.15, -0.1) is 0 Å². The van der Waals surface area contributed by atoms with Gasteiger partial charge in [0, 0.05) is 44.0 Å². The summed E-state index contributed by atoms with van der Waals surface area (Å²) in [5.74, 6) is -1.68. The van der Waals surface area contributed by atoms with Gasteiger partial charge < -0.3 is 4.90 Å². The summed E-state index contributed by atoms with van der Waals surface area (Å²) in [5, 5.41) is 0. The third-order valence-electron chi connectivity index (χ3n) is 7.47. The van der Waals surface area contributed by atoms with E-state index in [1.807, 2.05) is 12.1 Å². The Morgan fingerprint density at radius 1 is 1.00 bits per heavy atom. The second kappa shape index (κ2) is 7.40. The van der Waals surface area contributed by atoms with Gasteiger partial charge in [0.05, 0.1) is 5.41 Å². The van der Waals surface area contributed by atoms with Crippen LogP contribution in [0, 0.1) is 5.82 Å². The van der Waals surface area contributed by atoms with Gasteiger partial charge in [0.1, 0.15) is 5.82 Å². The van der Waals surface area contributed by atoms with Gasteiger partial charge >= 0.3 is 0 Å². The van der Waals surface area contributed by atoms with Crippen molar-refractivity contribution >= 4 is 23.8 Å². The first-order valence-corrected chi connectivity index (χ1v) is 11.0. The van der Waals surface area contributed by atoms with Crippen LogP contribution in [0.15, 0.2) is 54.6 Å². The van der Waals surface area contributed by atoms with E-state index < -0.39 is 23.0 Å². The first-order chi connectivity index (χ1) is 15.4. The lowest BCUT2D eigenvalue weighted by Crippen LogP contribution is -2.47. The molecule has 5 rings (SSSR count). The third-order valence-corrected chi connectivity index (χ3v) is 7.47. The van der Waals surface area contributed by atoms with Crippen molar-refractivity contribution in [2.45, 2.75) is 36.5 Å². The Kier molecular flexibility index (Phi) is 4.77. The van der Waals surface area contributed by atoms with Crippen molar-refractivity contribution in [2.24, 2.45) is 0 Å². The summed E-state index contributed by atoms with van der Waals surface area (Å²) >= 11 is 0. The van der Waals surface area contributed by atoms with Crippen LogP contribution >= 0.6 is 0 Å². The fourth-order valence-electron chi connectivity index (χ4n) is 5.58. The van der Waals surface area contributed by atoms with Crippen molar-refractivity contribution < 1.29 is 18.8 Å². The van der Waals surface area contributed by atoms with E-state index in [0.29, 0.717) is 13.1 Å². The normalized spacial score (nSPS) is 23.8. The molecular formula is C26H25FN2O3. The number of allylic oxidation sites excluding steroid dienone is 1. The summed E-state index contributed by atoms with van der Waals surface area (Å²) in [6.07, 6.45) is 5.59. The lowest BCUT2D eigenvalue weighted by atomic mass is 9.73. The number of likely N-dealkylation sites (N-methyl/N-ethyl adjacent to an activating group) is 1. The second-order valence-corrected chi connectivity index (χ2v) is 9.13. The largest absolute Gasteiger partial charge is 0.343 e. The highest BCUT2D eigenvalue weighted by atomic mass is 19.1. The SMILES string of the molecule is CN1C(=O)CC(CC(=O)N2CCC3(C=Cc4ccccc43)CC2)(c2ccccc2F)C1=O. The number of piperidine rings is 1. The molecule has 2 aliphatic heterocycles. The molecule has 0 radical (unpaired) electrons. The van der Waals surface area contributed by atoms with E-state index in [0.717, 1.165) is 17.7 Å². The predicted molar refractivity (Wildman–Crippen MR) is 118 cm³/mol. The standard InChI is InChI=1S/C26H25FN2O3/c1-28-22(30)16-26(24(28)32,20-8-4-5-9-21(20)27)17-23(31)29-14-12-25(13-15-29)11-10-18-6-2-3-7-19(18)25/h2-11H,12-17H2,1H3. The Bertz CT molecular complexity index is 1150. The van der Waals surface area contributed by atoms with Gasteiger partial charge in [-0.05, 0) is 30.0 Å². The Morgan fingerprint density at radius 2 is 1.66 bits per heavy atom. The number of carbonyl (C=O) groups excluding carboxylic acids is 3. The van der Waals surface area contributed by atoms with Crippen LogP contribution in [0.25, 0.3) is 6.08 Å². The molecule has 1 spiro atoms. The van der Waals surface area contributed by atoms with Crippen LogP contribution in [0.5, 0.6) is 0 Å². The molecule has 3 amide bonds. The molecule has 1 unspecified atom stereocenters. The summed E-state index contributed by atoms with van der Waals surface area (Å²) in [6.45, 7) is 1.12. The lowest BCUT2D eigenvalue weighted by Gasteiger charge is -2.40. The van der Waals surface area contributed by atoms with Crippen molar-refractivity contribution in [3.63, 3.8) is 0 Å².